The highest BCUT2D eigenvalue weighted by Gasteiger charge is 2.17. The standard InChI is InChI=1S/C19H18N2/c1-13-10-12-21-11-6-9-17(21)18(13)19-14(2)15-7-4-5-8-16(15)20(19)3/h4-12H,1-3H3. The SMILES string of the molecule is Cc1ccn2cccc2c1-c1c(C)c2ccccc2n1C. The number of aromatic nitrogens is 2. The first kappa shape index (κ1) is 12.3. The molecule has 0 saturated heterocycles. The van der Waals surface area contributed by atoms with Crippen LogP contribution in [0.4, 0.5) is 0 Å². The van der Waals surface area contributed by atoms with Gasteiger partial charge in [0.05, 0.1) is 11.2 Å². The first-order valence-electron chi connectivity index (χ1n) is 7.29. The third-order valence-corrected chi connectivity index (χ3v) is 4.51. The lowest BCUT2D eigenvalue weighted by Gasteiger charge is -2.12. The van der Waals surface area contributed by atoms with Crippen molar-refractivity contribution in [3.63, 3.8) is 0 Å². The molecule has 0 saturated carbocycles. The molecule has 0 aliphatic heterocycles. The smallest absolute Gasteiger partial charge is 0.0546 e. The van der Waals surface area contributed by atoms with Crippen molar-refractivity contribution in [2.45, 2.75) is 13.8 Å². The Balaban J connectivity index is 2.19. The Morgan fingerprint density at radius 1 is 0.810 bits per heavy atom. The number of nitrogens with zero attached hydrogens (tertiary/aromatic N) is 2. The fraction of sp³-hybridized carbons (Fsp3) is 0.158. The fourth-order valence-electron chi connectivity index (χ4n) is 3.46. The number of rotatable bonds is 1. The van der Waals surface area contributed by atoms with Crippen molar-refractivity contribution in [2.75, 3.05) is 0 Å². The van der Waals surface area contributed by atoms with Crippen LogP contribution in [0.2, 0.25) is 0 Å². The number of hydrogen-bond acceptors (Lipinski definition) is 0. The van der Waals surface area contributed by atoms with Crippen molar-refractivity contribution in [1.29, 1.82) is 0 Å². The molecule has 104 valence electrons. The Bertz CT molecular complexity index is 931. The minimum Gasteiger partial charge on any atom is -0.343 e. The van der Waals surface area contributed by atoms with Gasteiger partial charge < -0.3 is 8.97 Å². The van der Waals surface area contributed by atoms with Crippen molar-refractivity contribution in [3.05, 3.63) is 66.0 Å². The molecule has 0 N–H and O–H groups in total. The lowest BCUT2D eigenvalue weighted by atomic mass is 10.0. The lowest BCUT2D eigenvalue weighted by molar-refractivity contribution is 0.971. The van der Waals surface area contributed by atoms with Crippen molar-refractivity contribution >= 4 is 16.4 Å². The molecular weight excluding hydrogens is 256 g/mol. The van der Waals surface area contributed by atoms with Gasteiger partial charge in [0, 0.05) is 35.9 Å². The van der Waals surface area contributed by atoms with Crippen molar-refractivity contribution in [3.8, 4) is 11.3 Å². The molecule has 3 heterocycles. The number of para-hydroxylation sites is 1. The summed E-state index contributed by atoms with van der Waals surface area (Å²) in [5.41, 5.74) is 7.87. The van der Waals surface area contributed by atoms with Gasteiger partial charge in [0.2, 0.25) is 0 Å². The summed E-state index contributed by atoms with van der Waals surface area (Å²) in [7, 11) is 2.16. The number of aryl methyl sites for hydroxylation is 3. The monoisotopic (exact) mass is 274 g/mol. The molecule has 3 aromatic heterocycles. The average molecular weight is 274 g/mol. The molecule has 0 bridgehead atoms. The van der Waals surface area contributed by atoms with Crippen LogP contribution in [-0.2, 0) is 7.05 Å². The fourth-order valence-corrected chi connectivity index (χ4v) is 3.46. The predicted molar refractivity (Wildman–Crippen MR) is 88.8 cm³/mol. The van der Waals surface area contributed by atoms with E-state index in [9.17, 15) is 0 Å². The van der Waals surface area contributed by atoms with Gasteiger partial charge in [-0.2, -0.15) is 0 Å². The zero-order chi connectivity index (χ0) is 14.6. The molecule has 0 fully saturated rings. The van der Waals surface area contributed by atoms with Gasteiger partial charge in [-0.15, -0.1) is 0 Å². The maximum Gasteiger partial charge on any atom is 0.0546 e. The van der Waals surface area contributed by atoms with Crippen LogP contribution in [0.5, 0.6) is 0 Å². The van der Waals surface area contributed by atoms with Crippen LogP contribution < -0.4 is 0 Å². The van der Waals surface area contributed by atoms with Crippen molar-refractivity contribution in [2.24, 2.45) is 7.05 Å². The molecule has 0 atom stereocenters. The molecular formula is C19H18N2. The zero-order valence-electron chi connectivity index (χ0n) is 12.6. The Labute approximate surface area is 124 Å². The van der Waals surface area contributed by atoms with Crippen LogP contribution in [0.15, 0.2) is 54.9 Å². The molecule has 0 aliphatic rings. The van der Waals surface area contributed by atoms with Crippen LogP contribution in [0.1, 0.15) is 11.1 Å². The van der Waals surface area contributed by atoms with Gasteiger partial charge in [-0.25, -0.2) is 0 Å². The van der Waals surface area contributed by atoms with Crippen LogP contribution in [-0.4, -0.2) is 8.97 Å². The molecule has 1 aromatic carbocycles. The third-order valence-electron chi connectivity index (χ3n) is 4.51. The van der Waals surface area contributed by atoms with Crippen molar-refractivity contribution in [1.82, 2.24) is 8.97 Å². The summed E-state index contributed by atoms with van der Waals surface area (Å²) < 4.78 is 4.51. The second-order valence-corrected chi connectivity index (χ2v) is 5.72. The largest absolute Gasteiger partial charge is 0.343 e. The van der Waals surface area contributed by atoms with Gasteiger partial charge in [-0.05, 0) is 49.2 Å². The van der Waals surface area contributed by atoms with Gasteiger partial charge in [0.25, 0.3) is 0 Å². The number of fused-ring (bicyclic) bond motifs is 2. The Kier molecular flexibility index (Phi) is 2.49. The minimum absolute atomic E-state index is 1.27. The molecule has 0 amide bonds. The van der Waals surface area contributed by atoms with E-state index in [1.807, 2.05) is 0 Å². The van der Waals surface area contributed by atoms with E-state index in [-0.39, 0.29) is 0 Å². The highest BCUT2D eigenvalue weighted by atomic mass is 15.0. The molecule has 4 rings (SSSR count). The second-order valence-electron chi connectivity index (χ2n) is 5.72. The Hall–Kier alpha value is -2.48. The summed E-state index contributed by atoms with van der Waals surface area (Å²) in [6.07, 6.45) is 4.24. The number of pyridine rings is 1. The summed E-state index contributed by atoms with van der Waals surface area (Å²) in [5.74, 6) is 0. The van der Waals surface area contributed by atoms with E-state index >= 15 is 0 Å². The highest BCUT2D eigenvalue weighted by Crippen LogP contribution is 2.36. The van der Waals surface area contributed by atoms with Crippen LogP contribution in [0.3, 0.4) is 0 Å². The molecule has 21 heavy (non-hydrogen) atoms. The van der Waals surface area contributed by atoms with E-state index in [4.69, 9.17) is 0 Å². The first-order valence-corrected chi connectivity index (χ1v) is 7.29. The Morgan fingerprint density at radius 2 is 1.57 bits per heavy atom. The number of hydrogen-bond donors (Lipinski definition) is 0. The average Bonchev–Trinajstić information content (AvgIpc) is 3.06. The normalized spacial score (nSPS) is 11.6. The quantitative estimate of drug-likeness (QED) is 0.475. The zero-order valence-corrected chi connectivity index (χ0v) is 12.6. The molecule has 0 unspecified atom stereocenters. The van der Waals surface area contributed by atoms with Gasteiger partial charge >= 0.3 is 0 Å². The Morgan fingerprint density at radius 3 is 2.38 bits per heavy atom. The third kappa shape index (κ3) is 1.59. The highest BCUT2D eigenvalue weighted by molar-refractivity contribution is 5.95. The second kappa shape index (κ2) is 4.26. The maximum absolute atomic E-state index is 2.32. The van der Waals surface area contributed by atoms with Gasteiger partial charge in [-0.1, -0.05) is 18.2 Å². The van der Waals surface area contributed by atoms with E-state index in [0.29, 0.717) is 0 Å². The lowest BCUT2D eigenvalue weighted by Crippen LogP contribution is -1.97. The van der Waals surface area contributed by atoms with Crippen LogP contribution in [0.25, 0.3) is 27.7 Å². The first-order chi connectivity index (χ1) is 10.2. The van der Waals surface area contributed by atoms with Crippen LogP contribution in [0, 0.1) is 13.8 Å². The summed E-state index contributed by atoms with van der Waals surface area (Å²) >= 11 is 0. The van der Waals surface area contributed by atoms with Crippen molar-refractivity contribution < 1.29 is 0 Å². The molecule has 2 nitrogen and oxygen atoms in total. The summed E-state index contributed by atoms with van der Waals surface area (Å²) in [4.78, 5) is 0. The minimum atomic E-state index is 1.27. The summed E-state index contributed by atoms with van der Waals surface area (Å²) in [5, 5.41) is 1.34. The van der Waals surface area contributed by atoms with E-state index in [1.165, 1.54) is 38.8 Å². The topological polar surface area (TPSA) is 9.34 Å². The van der Waals surface area contributed by atoms with Gasteiger partial charge in [0.1, 0.15) is 0 Å². The molecule has 0 spiro atoms. The maximum atomic E-state index is 2.32. The van der Waals surface area contributed by atoms with Crippen LogP contribution >= 0.6 is 0 Å². The van der Waals surface area contributed by atoms with Gasteiger partial charge in [-0.3, -0.25) is 0 Å². The molecule has 4 aromatic rings. The summed E-state index contributed by atoms with van der Waals surface area (Å²) in [6.45, 7) is 4.42. The van der Waals surface area contributed by atoms with Gasteiger partial charge in [0.15, 0.2) is 0 Å². The molecule has 2 heteroatoms. The van der Waals surface area contributed by atoms with E-state index in [0.717, 1.165) is 0 Å². The van der Waals surface area contributed by atoms with E-state index in [2.05, 4.69) is 84.7 Å². The predicted octanol–water partition coefficient (Wildman–Crippen LogP) is 4.71. The number of benzene rings is 1. The van der Waals surface area contributed by atoms with E-state index in [1.54, 1.807) is 0 Å². The molecule has 0 aliphatic carbocycles. The summed E-state index contributed by atoms with van der Waals surface area (Å²) in [6, 6.07) is 15.1. The molecule has 0 radical (unpaired) electrons. The van der Waals surface area contributed by atoms with E-state index < -0.39 is 0 Å².